The van der Waals surface area contributed by atoms with Gasteiger partial charge in [-0.15, -0.1) is 0 Å². The zero-order valence-corrected chi connectivity index (χ0v) is 27.7. The molecule has 0 aliphatic carbocycles. The molecule has 0 bridgehead atoms. The van der Waals surface area contributed by atoms with E-state index in [2.05, 4.69) is 63.8 Å². The van der Waals surface area contributed by atoms with Crippen LogP contribution in [0.4, 0.5) is 15.3 Å². The number of likely N-dealkylation sites (tertiary alicyclic amines) is 2. The van der Waals surface area contributed by atoms with Gasteiger partial charge in [-0.2, -0.15) is 0 Å². The summed E-state index contributed by atoms with van der Waals surface area (Å²) in [5, 5.41) is 12.5. The summed E-state index contributed by atoms with van der Waals surface area (Å²) < 4.78 is 5.52. The van der Waals surface area contributed by atoms with E-state index in [0.29, 0.717) is 31.0 Å². The molecule has 48 heavy (non-hydrogen) atoms. The quantitative estimate of drug-likeness (QED) is 0.180. The number of carbonyl (C=O) groups is 3. The maximum atomic E-state index is 13.2. The summed E-state index contributed by atoms with van der Waals surface area (Å²) in [6.07, 6.45) is 4.11. The van der Waals surface area contributed by atoms with Crippen LogP contribution in [0.1, 0.15) is 80.9 Å². The third-order valence-corrected chi connectivity index (χ3v) is 9.08. The smallest absolute Gasteiger partial charge is 0.410 e. The number of anilines is 1. The van der Waals surface area contributed by atoms with Crippen LogP contribution in [0.5, 0.6) is 0 Å². The highest BCUT2D eigenvalue weighted by Gasteiger charge is 2.37. The van der Waals surface area contributed by atoms with Crippen LogP contribution >= 0.6 is 0 Å². The van der Waals surface area contributed by atoms with E-state index >= 15 is 0 Å². The maximum absolute atomic E-state index is 13.2. The molecule has 2 saturated heterocycles. The van der Waals surface area contributed by atoms with E-state index in [1.165, 1.54) is 20.9 Å². The third kappa shape index (κ3) is 7.54. The highest BCUT2D eigenvalue weighted by molar-refractivity contribution is 5.96. The fraction of sp³-hybridized carbons (Fsp3) is 0.368. The van der Waals surface area contributed by atoms with Gasteiger partial charge in [-0.1, -0.05) is 66.7 Å². The molecule has 4 aromatic rings. The van der Waals surface area contributed by atoms with Crippen molar-refractivity contribution in [2.75, 3.05) is 18.4 Å². The Kier molecular flexibility index (Phi) is 9.52. The van der Waals surface area contributed by atoms with Gasteiger partial charge >= 0.3 is 12.2 Å². The van der Waals surface area contributed by atoms with Gasteiger partial charge in [-0.3, -0.25) is 14.6 Å². The number of nitrogens with zero attached hydrogens (tertiary/aromatic N) is 3. The zero-order valence-electron chi connectivity index (χ0n) is 27.7. The first-order chi connectivity index (χ1) is 23.1. The van der Waals surface area contributed by atoms with Crippen LogP contribution < -0.4 is 5.32 Å². The molecule has 3 atom stereocenters. The Morgan fingerprint density at radius 2 is 1.58 bits per heavy atom. The molecule has 3 N–H and O–H groups in total. The van der Waals surface area contributed by atoms with E-state index in [4.69, 9.17) is 4.74 Å². The normalized spacial score (nSPS) is 18.5. The topological polar surface area (TPSA) is 128 Å². The molecule has 2 aliphatic rings. The number of nitrogens with one attached hydrogen (secondary N) is 2. The molecule has 1 unspecified atom stereocenters. The van der Waals surface area contributed by atoms with Crippen LogP contribution in [0.25, 0.3) is 11.3 Å². The van der Waals surface area contributed by atoms with Crippen LogP contribution in [0.3, 0.4) is 0 Å². The zero-order chi connectivity index (χ0) is 33.8. The molecule has 10 heteroatoms. The first kappa shape index (κ1) is 32.8. The van der Waals surface area contributed by atoms with Gasteiger partial charge in [-0.25, -0.2) is 14.6 Å². The number of aromatic nitrogens is 2. The van der Waals surface area contributed by atoms with Gasteiger partial charge in [0.25, 0.3) is 0 Å². The minimum Gasteiger partial charge on any atom is -0.465 e. The first-order valence-corrected chi connectivity index (χ1v) is 16.6. The predicted octanol–water partition coefficient (Wildman–Crippen LogP) is 7.60. The molecule has 3 heterocycles. The van der Waals surface area contributed by atoms with Gasteiger partial charge in [-0.05, 0) is 87.3 Å². The lowest BCUT2D eigenvalue weighted by molar-refractivity contribution is -0.120. The number of ether oxygens (including phenoxy) is 1. The molecule has 2 fully saturated rings. The number of carboxylic acid groups (broad SMARTS) is 1. The van der Waals surface area contributed by atoms with Crippen molar-refractivity contribution in [1.29, 1.82) is 0 Å². The van der Waals surface area contributed by atoms with Crippen molar-refractivity contribution >= 4 is 23.8 Å². The van der Waals surface area contributed by atoms with E-state index in [1.54, 1.807) is 6.20 Å². The molecule has 0 radical (unpaired) electrons. The molecule has 250 valence electrons. The number of benzene rings is 3. The summed E-state index contributed by atoms with van der Waals surface area (Å²) in [5.74, 6) is 0.570. The Morgan fingerprint density at radius 1 is 0.917 bits per heavy atom. The van der Waals surface area contributed by atoms with Gasteiger partial charge < -0.3 is 20.1 Å². The molecular weight excluding hydrogens is 606 g/mol. The predicted molar refractivity (Wildman–Crippen MR) is 184 cm³/mol. The number of rotatable bonds is 8. The molecule has 3 aromatic carbocycles. The molecule has 10 nitrogen and oxygen atoms in total. The number of hydrogen-bond donors (Lipinski definition) is 3. The Balaban J connectivity index is 1.14. The molecule has 2 aliphatic heterocycles. The van der Waals surface area contributed by atoms with E-state index in [-0.39, 0.29) is 17.9 Å². The molecule has 3 amide bonds. The van der Waals surface area contributed by atoms with Crippen molar-refractivity contribution in [3.05, 3.63) is 108 Å². The van der Waals surface area contributed by atoms with Crippen LogP contribution in [0.15, 0.2) is 85.1 Å². The summed E-state index contributed by atoms with van der Waals surface area (Å²) >= 11 is 0. The largest absolute Gasteiger partial charge is 0.465 e. The summed E-state index contributed by atoms with van der Waals surface area (Å²) in [6, 6.07) is 25.9. The lowest BCUT2D eigenvalue weighted by Crippen LogP contribution is -2.45. The monoisotopic (exact) mass is 649 g/mol. The summed E-state index contributed by atoms with van der Waals surface area (Å²) in [4.78, 5) is 48.4. The summed E-state index contributed by atoms with van der Waals surface area (Å²) in [6.45, 7) is 6.49. The summed E-state index contributed by atoms with van der Waals surface area (Å²) in [7, 11) is 0. The molecule has 0 saturated carbocycles. The number of H-pyrrole nitrogens is 1. The summed E-state index contributed by atoms with van der Waals surface area (Å²) in [5.41, 5.74) is 5.39. The molecule has 1 aromatic heterocycles. The minimum absolute atomic E-state index is 0.0986. The van der Waals surface area contributed by atoms with Crippen molar-refractivity contribution in [2.24, 2.45) is 0 Å². The average Bonchev–Trinajstić information content (AvgIpc) is 3.85. The van der Waals surface area contributed by atoms with E-state index < -0.39 is 23.8 Å². The number of imidazole rings is 1. The highest BCUT2D eigenvalue weighted by Crippen LogP contribution is 2.33. The van der Waals surface area contributed by atoms with Crippen LogP contribution in [0.2, 0.25) is 0 Å². The second-order valence-corrected chi connectivity index (χ2v) is 13.6. The second-order valence-electron chi connectivity index (χ2n) is 13.6. The van der Waals surface area contributed by atoms with Crippen molar-refractivity contribution in [3.8, 4) is 11.3 Å². The average molecular weight is 650 g/mol. The van der Waals surface area contributed by atoms with Crippen molar-refractivity contribution in [3.63, 3.8) is 0 Å². The number of aromatic amines is 1. The first-order valence-electron chi connectivity index (χ1n) is 16.6. The number of hydrogen-bond acceptors (Lipinski definition) is 5. The van der Waals surface area contributed by atoms with Crippen molar-refractivity contribution in [1.82, 2.24) is 19.8 Å². The fourth-order valence-electron chi connectivity index (χ4n) is 6.70. The molecule has 6 rings (SSSR count). The van der Waals surface area contributed by atoms with E-state index in [1.807, 2.05) is 51.1 Å². The minimum atomic E-state index is -0.915. The third-order valence-electron chi connectivity index (χ3n) is 9.08. The standard InChI is InChI=1S/C38H43N5O5/c1-38(2,3)48-37(47)43-22-8-12-33(43)35(44)40-29-19-13-25(14-20-29)23-30(26-9-5-4-6-10-26)27-15-17-28(18-16-27)31-24-39-34(41-31)32-11-7-21-42(32)36(45)46/h4-6,9-10,13-20,24,30,32-33H,7-8,11-12,21-23H2,1-3H3,(H,39,41)(H,40,44)(H,45,46)/t30?,32-,33-/m0/s1. The van der Waals surface area contributed by atoms with Gasteiger partial charge in [0.15, 0.2) is 0 Å². The lowest BCUT2D eigenvalue weighted by Gasteiger charge is -2.28. The van der Waals surface area contributed by atoms with Gasteiger partial charge in [0, 0.05) is 24.7 Å². The van der Waals surface area contributed by atoms with Crippen LogP contribution in [0, 0.1) is 0 Å². The second kappa shape index (κ2) is 13.9. The maximum Gasteiger partial charge on any atom is 0.410 e. The van der Waals surface area contributed by atoms with Crippen molar-refractivity contribution < 1.29 is 24.2 Å². The Bertz CT molecular complexity index is 1730. The Morgan fingerprint density at radius 3 is 2.27 bits per heavy atom. The molecule has 0 spiro atoms. The number of amides is 3. The highest BCUT2D eigenvalue weighted by atomic mass is 16.6. The van der Waals surface area contributed by atoms with Crippen LogP contribution in [-0.2, 0) is 16.0 Å². The SMILES string of the molecule is CC(C)(C)OC(=O)N1CCC[C@H]1C(=O)Nc1ccc(CC(c2ccccc2)c2ccc(-c3cnc([C@@H]4CCCN4C(=O)O)[nH]3)cc2)cc1. The van der Waals surface area contributed by atoms with Gasteiger partial charge in [0.2, 0.25) is 5.91 Å². The van der Waals surface area contributed by atoms with Crippen molar-refractivity contribution in [2.45, 2.75) is 76.5 Å². The Labute approximate surface area is 281 Å². The molecular formula is C38H43N5O5. The van der Waals surface area contributed by atoms with Crippen LogP contribution in [-0.4, -0.2) is 67.7 Å². The van der Waals surface area contributed by atoms with Gasteiger partial charge in [0.05, 0.1) is 17.9 Å². The van der Waals surface area contributed by atoms with Gasteiger partial charge in [0.1, 0.15) is 17.5 Å². The van der Waals surface area contributed by atoms with E-state index in [9.17, 15) is 19.5 Å². The Hall–Kier alpha value is -5.12. The fourth-order valence-corrected chi connectivity index (χ4v) is 6.70. The lowest BCUT2D eigenvalue weighted by atomic mass is 9.85. The van der Waals surface area contributed by atoms with E-state index in [0.717, 1.165) is 42.5 Å². The number of carbonyl (C=O) groups excluding carboxylic acids is 2.